The predicted molar refractivity (Wildman–Crippen MR) is 149 cm³/mol. The van der Waals surface area contributed by atoms with Gasteiger partial charge in [0.15, 0.2) is 0 Å². The van der Waals surface area contributed by atoms with Crippen molar-refractivity contribution in [1.82, 2.24) is 9.88 Å². The molecule has 0 spiro atoms. The summed E-state index contributed by atoms with van der Waals surface area (Å²) in [6.07, 6.45) is 1.07. The lowest BCUT2D eigenvalue weighted by atomic mass is 9.98. The molecule has 2 heterocycles. The number of carbonyl (C=O) groups excluding carboxylic acids is 2. The molecule has 1 saturated heterocycles. The smallest absolute Gasteiger partial charge is 0.250 e. The number of H-pyrrole nitrogens is 1. The van der Waals surface area contributed by atoms with Gasteiger partial charge in [0.05, 0.1) is 18.2 Å². The Balaban J connectivity index is 0.00000156. The first-order valence-electron chi connectivity index (χ1n) is 12.4. The summed E-state index contributed by atoms with van der Waals surface area (Å²) >= 11 is 0. The molecule has 0 saturated carbocycles. The summed E-state index contributed by atoms with van der Waals surface area (Å²) in [6.45, 7) is 7.96. The fourth-order valence-corrected chi connectivity index (χ4v) is 5.02. The number of benzene rings is 3. The zero-order valence-corrected chi connectivity index (χ0v) is 21.5. The Morgan fingerprint density at radius 2 is 1.76 bits per heavy atom. The number of aromatic amines is 1. The zero-order chi connectivity index (χ0) is 26.4. The molecule has 0 bridgehead atoms. The zero-order valence-electron chi connectivity index (χ0n) is 21.5. The van der Waals surface area contributed by atoms with E-state index in [1.807, 2.05) is 37.1 Å². The van der Waals surface area contributed by atoms with E-state index in [2.05, 4.69) is 39.0 Å². The molecule has 1 aliphatic rings. The van der Waals surface area contributed by atoms with Gasteiger partial charge in [-0.3, -0.25) is 9.69 Å². The first kappa shape index (κ1) is 26.2. The van der Waals surface area contributed by atoms with Crippen LogP contribution in [0.15, 0.2) is 54.6 Å². The minimum Gasteiger partial charge on any atom is -0.497 e. The van der Waals surface area contributed by atoms with Crippen LogP contribution in [0, 0.1) is 0 Å². The van der Waals surface area contributed by atoms with Crippen molar-refractivity contribution in [3.63, 3.8) is 0 Å². The highest BCUT2D eigenvalue weighted by Gasteiger charge is 2.19. The van der Waals surface area contributed by atoms with E-state index in [0.29, 0.717) is 5.56 Å². The average molecular weight is 503 g/mol. The van der Waals surface area contributed by atoms with E-state index in [9.17, 15) is 4.79 Å². The highest BCUT2D eigenvalue weighted by Crippen LogP contribution is 2.35. The van der Waals surface area contributed by atoms with Crippen LogP contribution in [0.25, 0.3) is 32.9 Å². The minimum atomic E-state index is -0.448. The van der Waals surface area contributed by atoms with E-state index in [4.69, 9.17) is 20.0 Å². The number of piperazine rings is 1. The molecule has 3 aromatic carbocycles. The topological polar surface area (TPSA) is 101 Å². The van der Waals surface area contributed by atoms with Crippen molar-refractivity contribution >= 4 is 40.2 Å². The average Bonchev–Trinajstić information content (AvgIpc) is 3.32. The number of aromatic nitrogens is 1. The Labute approximate surface area is 216 Å². The number of methoxy groups -OCH3 is 2. The molecule has 0 unspecified atom stereocenters. The number of fused-ring (bicyclic) bond motifs is 3. The van der Waals surface area contributed by atoms with E-state index in [1.54, 1.807) is 14.2 Å². The van der Waals surface area contributed by atoms with Crippen LogP contribution in [0.1, 0.15) is 16.8 Å². The molecule has 8 heteroatoms. The molecule has 1 aromatic heterocycles. The maximum absolute atomic E-state index is 12.4. The molecule has 5 rings (SSSR count). The summed E-state index contributed by atoms with van der Waals surface area (Å²) < 4.78 is 10.6. The molecule has 8 nitrogen and oxygen atoms in total. The first-order valence-corrected chi connectivity index (χ1v) is 12.4. The minimum absolute atomic E-state index is 0.448. The second kappa shape index (κ2) is 11.9. The van der Waals surface area contributed by atoms with Crippen LogP contribution < -0.4 is 15.4 Å². The van der Waals surface area contributed by atoms with Gasteiger partial charge >= 0.3 is 0 Å². The normalized spacial score (nSPS) is 13.9. The molecule has 0 atom stereocenters. The highest BCUT2D eigenvalue weighted by atomic mass is 16.5. The van der Waals surface area contributed by atoms with Crippen LogP contribution in [-0.4, -0.2) is 76.1 Å². The molecule has 0 radical (unpaired) electrons. The number of carbonyl (C=O) groups is 2. The number of hydrogen-bond acceptors (Lipinski definition) is 6. The van der Waals surface area contributed by atoms with Crippen molar-refractivity contribution in [2.45, 2.75) is 6.42 Å². The van der Waals surface area contributed by atoms with E-state index in [0.717, 1.165) is 84.4 Å². The van der Waals surface area contributed by atoms with Crippen LogP contribution in [0.5, 0.6) is 5.75 Å². The van der Waals surface area contributed by atoms with Gasteiger partial charge in [0.1, 0.15) is 12.5 Å². The van der Waals surface area contributed by atoms with Gasteiger partial charge in [0, 0.05) is 68.4 Å². The van der Waals surface area contributed by atoms with Gasteiger partial charge in [0.2, 0.25) is 0 Å². The Morgan fingerprint density at radius 1 is 0.973 bits per heavy atom. The van der Waals surface area contributed by atoms with Gasteiger partial charge in [-0.05, 0) is 53.9 Å². The predicted octanol–water partition coefficient (Wildman–Crippen LogP) is 4.07. The largest absolute Gasteiger partial charge is 0.497 e. The van der Waals surface area contributed by atoms with Crippen molar-refractivity contribution in [1.29, 1.82) is 0 Å². The molecule has 4 aromatic rings. The molecule has 0 aliphatic carbocycles. The van der Waals surface area contributed by atoms with Crippen LogP contribution in [0.3, 0.4) is 0 Å². The summed E-state index contributed by atoms with van der Waals surface area (Å²) in [5, 5.41) is 2.07. The molecule has 194 valence electrons. The fourth-order valence-electron chi connectivity index (χ4n) is 5.02. The van der Waals surface area contributed by atoms with Crippen LogP contribution in [-0.2, 0) is 9.53 Å². The quantitative estimate of drug-likeness (QED) is 0.352. The number of nitrogens with one attached hydrogen (secondary N) is 1. The lowest BCUT2D eigenvalue weighted by Crippen LogP contribution is -2.46. The number of nitrogens with zero attached hydrogens (tertiary/aromatic N) is 2. The van der Waals surface area contributed by atoms with Gasteiger partial charge in [-0.15, -0.1) is 0 Å². The Kier molecular flexibility index (Phi) is 8.43. The number of anilines is 1. The van der Waals surface area contributed by atoms with Gasteiger partial charge < -0.3 is 29.9 Å². The Morgan fingerprint density at radius 3 is 2.46 bits per heavy atom. The summed E-state index contributed by atoms with van der Waals surface area (Å²) in [7, 11) is 3.40. The number of rotatable bonds is 8. The van der Waals surface area contributed by atoms with Gasteiger partial charge in [0.25, 0.3) is 5.91 Å². The summed E-state index contributed by atoms with van der Waals surface area (Å²) in [6, 6.07) is 18.3. The lowest BCUT2D eigenvalue weighted by molar-refractivity contribution is -0.0980. The van der Waals surface area contributed by atoms with E-state index in [1.165, 1.54) is 5.69 Å². The molecule has 1 amide bonds. The van der Waals surface area contributed by atoms with Crippen molar-refractivity contribution in [2.24, 2.45) is 5.73 Å². The van der Waals surface area contributed by atoms with Gasteiger partial charge in [-0.2, -0.15) is 0 Å². The molecule has 1 aliphatic heterocycles. The monoisotopic (exact) mass is 502 g/mol. The number of primary amides is 1. The Bertz CT molecular complexity index is 1380. The lowest BCUT2D eigenvalue weighted by Gasteiger charge is -2.36. The van der Waals surface area contributed by atoms with Crippen molar-refractivity contribution in [2.75, 3.05) is 58.5 Å². The van der Waals surface area contributed by atoms with Crippen molar-refractivity contribution < 1.29 is 19.1 Å². The van der Waals surface area contributed by atoms with Crippen molar-refractivity contribution in [3.05, 3.63) is 60.2 Å². The third-order valence-electron chi connectivity index (χ3n) is 6.92. The number of amides is 1. The van der Waals surface area contributed by atoms with Crippen LogP contribution >= 0.6 is 0 Å². The van der Waals surface area contributed by atoms with Gasteiger partial charge in [-0.1, -0.05) is 18.2 Å². The molecule has 37 heavy (non-hydrogen) atoms. The number of hydrogen-bond donors (Lipinski definition) is 2. The van der Waals surface area contributed by atoms with E-state index in [-0.39, 0.29) is 0 Å². The number of nitrogens with two attached hydrogens (primary N) is 1. The fraction of sp³-hybridized carbons (Fsp3) is 0.310. The summed E-state index contributed by atoms with van der Waals surface area (Å²) in [4.78, 5) is 28.8. The maximum atomic E-state index is 12.4. The SMILES string of the molecule is C=O.COCCCN1CCN(c2ccc3c(c2)[nH]c2c(C(N)=O)cc(-c4cccc(OC)c4)cc23)CC1. The van der Waals surface area contributed by atoms with E-state index < -0.39 is 5.91 Å². The molecular weight excluding hydrogens is 468 g/mol. The molecular formula is C29H34N4O4. The standard InChI is InChI=1S/C28H32N4O3.CH2O/c1-34-14-4-9-31-10-12-32(13-11-31)21-7-8-23-24-16-20(19-5-3-6-22(15-19)35-2)17-25(28(29)33)27(24)30-26(23)18-21;1-2/h3,5-8,15-18,30H,4,9-14H2,1-2H3,(H2,29,33);1H2. The van der Waals surface area contributed by atoms with E-state index >= 15 is 0 Å². The number of ether oxygens (including phenoxy) is 2. The third-order valence-corrected chi connectivity index (χ3v) is 6.92. The van der Waals surface area contributed by atoms with Gasteiger partial charge in [-0.25, -0.2) is 0 Å². The second-order valence-electron chi connectivity index (χ2n) is 9.07. The van der Waals surface area contributed by atoms with Crippen LogP contribution in [0.4, 0.5) is 5.69 Å². The van der Waals surface area contributed by atoms with Crippen molar-refractivity contribution in [3.8, 4) is 16.9 Å². The highest BCUT2D eigenvalue weighted by molar-refractivity contribution is 6.16. The molecule has 3 N–H and O–H groups in total. The molecule has 1 fully saturated rings. The summed E-state index contributed by atoms with van der Waals surface area (Å²) in [5.74, 6) is 0.321. The second-order valence-corrected chi connectivity index (χ2v) is 9.07. The van der Waals surface area contributed by atoms with Crippen LogP contribution in [0.2, 0.25) is 0 Å². The first-order chi connectivity index (χ1) is 18.1. The Hall–Kier alpha value is -3.88. The maximum Gasteiger partial charge on any atom is 0.250 e. The third kappa shape index (κ3) is 5.60. The summed E-state index contributed by atoms with van der Waals surface area (Å²) in [5.41, 5.74) is 11.2.